The molecule has 0 aliphatic carbocycles. The normalized spacial score (nSPS) is 25.4. The van der Waals surface area contributed by atoms with Crippen LogP contribution in [0.3, 0.4) is 0 Å². The number of fused-ring (bicyclic) bond motifs is 1. The van der Waals surface area contributed by atoms with Crippen LogP contribution in [0.2, 0.25) is 5.02 Å². The fourth-order valence-electron chi connectivity index (χ4n) is 3.23. The lowest BCUT2D eigenvalue weighted by Crippen LogP contribution is -2.41. The maximum absolute atomic E-state index is 12.7. The standard InChI is InChI=1S/C15H19ClN2O2/c1-20-14-5-4-11(16)7-12(14)15(19)18-8-10-3-2-6-17-13(10)9-18/h4-5,7,10,13,17H,2-3,6,8-9H2,1H3/t10-,13+/m0/s1. The van der Waals surface area contributed by atoms with Gasteiger partial charge >= 0.3 is 0 Å². The van der Waals surface area contributed by atoms with E-state index in [1.807, 2.05) is 4.90 Å². The van der Waals surface area contributed by atoms with Crippen LogP contribution in [0.15, 0.2) is 18.2 Å². The largest absolute Gasteiger partial charge is 0.496 e. The van der Waals surface area contributed by atoms with Crippen molar-refractivity contribution in [2.24, 2.45) is 5.92 Å². The number of hydrogen-bond donors (Lipinski definition) is 1. The van der Waals surface area contributed by atoms with Crippen molar-refractivity contribution in [2.75, 3.05) is 26.7 Å². The van der Waals surface area contributed by atoms with Crippen molar-refractivity contribution < 1.29 is 9.53 Å². The number of nitrogens with zero attached hydrogens (tertiary/aromatic N) is 1. The highest BCUT2D eigenvalue weighted by Crippen LogP contribution is 2.29. The molecule has 0 spiro atoms. The topological polar surface area (TPSA) is 41.6 Å². The van der Waals surface area contributed by atoms with Gasteiger partial charge in [-0.25, -0.2) is 0 Å². The molecule has 108 valence electrons. The molecule has 3 rings (SSSR count). The lowest BCUT2D eigenvalue weighted by Gasteiger charge is -2.24. The fourth-order valence-corrected chi connectivity index (χ4v) is 3.40. The number of methoxy groups -OCH3 is 1. The monoisotopic (exact) mass is 294 g/mol. The summed E-state index contributed by atoms with van der Waals surface area (Å²) >= 11 is 6.01. The summed E-state index contributed by atoms with van der Waals surface area (Å²) in [5.41, 5.74) is 0.554. The minimum Gasteiger partial charge on any atom is -0.496 e. The molecule has 0 aromatic heterocycles. The molecule has 20 heavy (non-hydrogen) atoms. The maximum atomic E-state index is 12.7. The zero-order valence-electron chi connectivity index (χ0n) is 11.6. The predicted molar refractivity (Wildman–Crippen MR) is 78.4 cm³/mol. The Kier molecular flexibility index (Phi) is 3.85. The first-order valence-electron chi connectivity index (χ1n) is 7.05. The van der Waals surface area contributed by atoms with Crippen LogP contribution in [-0.2, 0) is 0 Å². The Bertz CT molecular complexity index is 507. The first-order chi connectivity index (χ1) is 9.69. The highest BCUT2D eigenvalue weighted by atomic mass is 35.5. The Balaban J connectivity index is 1.81. The van der Waals surface area contributed by atoms with Crippen LogP contribution < -0.4 is 10.1 Å². The summed E-state index contributed by atoms with van der Waals surface area (Å²) in [5, 5.41) is 4.07. The van der Waals surface area contributed by atoms with Gasteiger partial charge < -0.3 is 15.0 Å². The first-order valence-corrected chi connectivity index (χ1v) is 7.43. The second kappa shape index (κ2) is 5.62. The first kappa shape index (κ1) is 13.7. The Morgan fingerprint density at radius 3 is 3.05 bits per heavy atom. The summed E-state index contributed by atoms with van der Waals surface area (Å²) in [7, 11) is 1.57. The minimum absolute atomic E-state index is 0.0144. The highest BCUT2D eigenvalue weighted by molar-refractivity contribution is 6.31. The lowest BCUT2D eigenvalue weighted by atomic mass is 9.94. The number of piperidine rings is 1. The minimum atomic E-state index is 0.0144. The molecule has 1 amide bonds. The molecule has 2 aliphatic heterocycles. The van der Waals surface area contributed by atoms with E-state index in [0.29, 0.717) is 28.3 Å². The number of amides is 1. The zero-order chi connectivity index (χ0) is 14.1. The van der Waals surface area contributed by atoms with Gasteiger partial charge in [0, 0.05) is 24.2 Å². The summed E-state index contributed by atoms with van der Waals surface area (Å²) in [6.07, 6.45) is 2.40. The molecule has 0 bridgehead atoms. The second-order valence-corrected chi connectivity index (χ2v) is 5.95. The van der Waals surface area contributed by atoms with Crippen molar-refractivity contribution >= 4 is 17.5 Å². The molecule has 4 nitrogen and oxygen atoms in total. The summed E-state index contributed by atoms with van der Waals surface area (Å²) in [4.78, 5) is 14.6. The Hall–Kier alpha value is -1.26. The quantitative estimate of drug-likeness (QED) is 0.909. The van der Waals surface area contributed by atoms with E-state index in [4.69, 9.17) is 16.3 Å². The molecule has 2 fully saturated rings. The molecule has 5 heteroatoms. The van der Waals surface area contributed by atoms with Crippen LogP contribution in [0.1, 0.15) is 23.2 Å². The van der Waals surface area contributed by atoms with Crippen molar-refractivity contribution in [3.63, 3.8) is 0 Å². The molecule has 2 heterocycles. The second-order valence-electron chi connectivity index (χ2n) is 5.52. The highest BCUT2D eigenvalue weighted by Gasteiger charge is 2.37. The lowest BCUT2D eigenvalue weighted by molar-refractivity contribution is 0.0782. The Morgan fingerprint density at radius 1 is 1.45 bits per heavy atom. The molecule has 2 aliphatic rings. The van der Waals surface area contributed by atoms with Crippen LogP contribution in [-0.4, -0.2) is 43.6 Å². The number of halogens is 1. The number of benzene rings is 1. The van der Waals surface area contributed by atoms with Gasteiger partial charge in [-0.3, -0.25) is 4.79 Å². The number of likely N-dealkylation sites (tertiary alicyclic amines) is 1. The van der Waals surface area contributed by atoms with Crippen LogP contribution in [0.4, 0.5) is 0 Å². The number of nitrogens with one attached hydrogen (secondary N) is 1. The van der Waals surface area contributed by atoms with Gasteiger partial charge in [-0.1, -0.05) is 11.6 Å². The predicted octanol–water partition coefficient (Wildman–Crippen LogP) is 2.17. The van der Waals surface area contributed by atoms with Crippen molar-refractivity contribution in [3.05, 3.63) is 28.8 Å². The van der Waals surface area contributed by atoms with Crippen LogP contribution >= 0.6 is 11.6 Å². The van der Waals surface area contributed by atoms with E-state index >= 15 is 0 Å². The summed E-state index contributed by atoms with van der Waals surface area (Å²) in [6.45, 7) is 2.66. The van der Waals surface area contributed by atoms with Crippen molar-refractivity contribution in [1.82, 2.24) is 10.2 Å². The SMILES string of the molecule is COc1ccc(Cl)cc1C(=O)N1C[C@@H]2CCCN[C@@H]2C1. The van der Waals surface area contributed by atoms with Gasteiger partial charge in [-0.15, -0.1) is 0 Å². The van der Waals surface area contributed by atoms with E-state index in [0.717, 1.165) is 19.6 Å². The molecule has 1 aromatic carbocycles. The van der Waals surface area contributed by atoms with E-state index in [2.05, 4.69) is 5.32 Å². The summed E-state index contributed by atoms with van der Waals surface area (Å²) in [5.74, 6) is 1.18. The molecule has 0 unspecified atom stereocenters. The van der Waals surface area contributed by atoms with Gasteiger partial charge in [0.2, 0.25) is 0 Å². The number of carbonyl (C=O) groups excluding carboxylic acids is 1. The van der Waals surface area contributed by atoms with Gasteiger partial charge in [0.15, 0.2) is 0 Å². The molecule has 1 N–H and O–H groups in total. The molecule has 2 saturated heterocycles. The van der Waals surface area contributed by atoms with E-state index in [1.165, 1.54) is 12.8 Å². The van der Waals surface area contributed by atoms with Crippen molar-refractivity contribution in [3.8, 4) is 5.75 Å². The van der Waals surface area contributed by atoms with E-state index < -0.39 is 0 Å². The maximum Gasteiger partial charge on any atom is 0.257 e. The third-order valence-corrected chi connectivity index (χ3v) is 4.51. The summed E-state index contributed by atoms with van der Waals surface area (Å²) in [6, 6.07) is 5.62. The van der Waals surface area contributed by atoms with Crippen molar-refractivity contribution in [2.45, 2.75) is 18.9 Å². The van der Waals surface area contributed by atoms with E-state index in [9.17, 15) is 4.79 Å². The smallest absolute Gasteiger partial charge is 0.257 e. The van der Waals surface area contributed by atoms with Gasteiger partial charge in [-0.05, 0) is 43.5 Å². The molecule has 1 aromatic rings. The van der Waals surface area contributed by atoms with Crippen LogP contribution in [0.25, 0.3) is 0 Å². The molecule has 0 saturated carbocycles. The number of ether oxygens (including phenoxy) is 1. The van der Waals surface area contributed by atoms with Gasteiger partial charge in [0.1, 0.15) is 5.75 Å². The van der Waals surface area contributed by atoms with Gasteiger partial charge in [0.25, 0.3) is 5.91 Å². The summed E-state index contributed by atoms with van der Waals surface area (Å²) < 4.78 is 5.28. The molecular weight excluding hydrogens is 276 g/mol. The Labute approximate surface area is 124 Å². The third kappa shape index (κ3) is 2.50. The van der Waals surface area contributed by atoms with E-state index in [1.54, 1.807) is 25.3 Å². The Morgan fingerprint density at radius 2 is 2.30 bits per heavy atom. The fraction of sp³-hybridized carbons (Fsp3) is 0.533. The number of carbonyl (C=O) groups is 1. The average molecular weight is 295 g/mol. The molecule has 0 radical (unpaired) electrons. The van der Waals surface area contributed by atoms with Crippen LogP contribution in [0.5, 0.6) is 5.75 Å². The van der Waals surface area contributed by atoms with E-state index in [-0.39, 0.29) is 5.91 Å². The van der Waals surface area contributed by atoms with Gasteiger partial charge in [0.05, 0.1) is 12.7 Å². The van der Waals surface area contributed by atoms with Gasteiger partial charge in [-0.2, -0.15) is 0 Å². The average Bonchev–Trinajstić information content (AvgIpc) is 2.90. The number of rotatable bonds is 2. The van der Waals surface area contributed by atoms with Crippen molar-refractivity contribution in [1.29, 1.82) is 0 Å². The molecule has 2 atom stereocenters. The zero-order valence-corrected chi connectivity index (χ0v) is 12.3. The molecular formula is C15H19ClN2O2. The van der Waals surface area contributed by atoms with Crippen LogP contribution in [0, 0.1) is 5.92 Å². The number of hydrogen-bond acceptors (Lipinski definition) is 3. The third-order valence-electron chi connectivity index (χ3n) is 4.28.